The lowest BCUT2D eigenvalue weighted by Gasteiger charge is -2.21. The number of aliphatic hydroxyl groups excluding tert-OH is 1. The summed E-state index contributed by atoms with van der Waals surface area (Å²) >= 11 is 0. The van der Waals surface area contributed by atoms with Crippen LogP contribution in [0.25, 0.3) is 0 Å². The maximum atomic E-state index is 13.1. The molecular weight excluding hydrogens is 1430 g/mol. The van der Waals surface area contributed by atoms with Crippen LogP contribution in [0.1, 0.15) is 323 Å². The molecule has 0 aliphatic carbocycles. The number of esters is 4. The van der Waals surface area contributed by atoms with Gasteiger partial charge in [0.05, 0.1) is 26.4 Å². The van der Waals surface area contributed by atoms with Gasteiger partial charge in [-0.15, -0.1) is 0 Å². The Bertz CT molecular complexity index is 2750. The molecule has 5 atom stereocenters. The van der Waals surface area contributed by atoms with Gasteiger partial charge in [-0.05, 0) is 173 Å². The molecule has 3 N–H and O–H groups in total. The quantitative estimate of drug-likeness (QED) is 0.0169. The topological polar surface area (TPSA) is 237 Å². The molecule has 0 rings (SSSR count). The fourth-order valence-corrected chi connectivity index (χ4v) is 12.4. The Labute approximate surface area is 667 Å². The van der Waals surface area contributed by atoms with E-state index in [-0.39, 0.29) is 25.7 Å². The zero-order valence-corrected chi connectivity index (χ0v) is 70.4. The van der Waals surface area contributed by atoms with Crippen molar-refractivity contribution < 1.29 is 80.2 Å². The largest absolute Gasteiger partial charge is 0.472 e. The smallest absolute Gasteiger partial charge is 0.462 e. The fraction of sp³-hybridized carbons (Fsp3) is 0.648. The summed E-state index contributed by atoms with van der Waals surface area (Å²) in [6.45, 7) is 4.46. The first-order valence-corrected chi connectivity index (χ1v) is 45.4. The van der Waals surface area contributed by atoms with Crippen LogP contribution in [0.15, 0.2) is 170 Å². The van der Waals surface area contributed by atoms with E-state index in [9.17, 15) is 43.2 Å². The number of allylic oxidation sites excluding steroid dienone is 28. The number of phosphoric ester groups is 2. The highest BCUT2D eigenvalue weighted by Gasteiger charge is 2.30. The van der Waals surface area contributed by atoms with Gasteiger partial charge in [0.2, 0.25) is 0 Å². The van der Waals surface area contributed by atoms with E-state index in [0.717, 1.165) is 218 Å². The van der Waals surface area contributed by atoms with Crippen molar-refractivity contribution in [1.82, 2.24) is 0 Å². The molecule has 0 aliphatic heterocycles. The standard InChI is InChI=1S/C91H150O17P2/c1-5-9-13-17-21-25-29-33-36-39-42-45-48-52-55-59-63-67-71-75-88(93)101-81-86(107-90(95)77-73-69-65-61-57-51-32-28-24-20-16-12-8-4)83-105-109(97,98)103-79-85(92)80-104-110(99,100)106-84-87(108-91(96)78-74-70-66-62-58-54-50-47-44-41-38-35-31-27-23-19-15-11-7-3)82-102-89(94)76-72-68-64-60-56-53-49-46-43-40-37-34-30-26-22-18-14-10-6-2/h9-11,13-15,21-23,25-28,32-38,42-47,53,56,85-87,92H,5-8,12,16-20,24,29-31,39-41,48-52,54-55,57-84H2,1-4H3,(H,97,98)(H,99,100)/b13-9-,14-10-,15-11-,25-21-,26-22-,27-23-,32-28-,36-33-,37-34-,38-35-,45-42-,46-43-,47-44-,56-53-. The predicted molar refractivity (Wildman–Crippen MR) is 454 cm³/mol. The maximum Gasteiger partial charge on any atom is 0.472 e. The number of aliphatic hydroxyl groups is 1. The highest BCUT2D eigenvalue weighted by Crippen LogP contribution is 2.45. The van der Waals surface area contributed by atoms with E-state index in [1.165, 1.54) is 25.7 Å². The van der Waals surface area contributed by atoms with Crippen molar-refractivity contribution in [2.75, 3.05) is 39.6 Å². The number of carbonyl (C=O) groups excluding carboxylic acids is 4. The predicted octanol–water partition coefficient (Wildman–Crippen LogP) is 25.3. The van der Waals surface area contributed by atoms with Crippen molar-refractivity contribution in [1.29, 1.82) is 0 Å². The third-order valence-electron chi connectivity index (χ3n) is 17.2. The van der Waals surface area contributed by atoms with Gasteiger partial charge in [-0.2, -0.15) is 0 Å². The minimum Gasteiger partial charge on any atom is -0.462 e. The maximum absolute atomic E-state index is 13.1. The Hall–Kier alpha value is -5.58. The number of hydrogen-bond acceptors (Lipinski definition) is 15. The molecule has 5 unspecified atom stereocenters. The molecule has 0 saturated heterocycles. The van der Waals surface area contributed by atoms with Gasteiger partial charge in [0.15, 0.2) is 12.2 Å². The van der Waals surface area contributed by atoms with Gasteiger partial charge in [0.25, 0.3) is 0 Å². The number of unbranched alkanes of at least 4 members (excludes halogenated alkanes) is 24. The van der Waals surface area contributed by atoms with Gasteiger partial charge in [-0.25, -0.2) is 9.13 Å². The van der Waals surface area contributed by atoms with Crippen LogP contribution in [0.5, 0.6) is 0 Å². The van der Waals surface area contributed by atoms with Crippen LogP contribution in [0.3, 0.4) is 0 Å². The molecule has 0 radical (unpaired) electrons. The molecule has 0 heterocycles. The zero-order valence-electron chi connectivity index (χ0n) is 68.6. The molecule has 0 saturated carbocycles. The molecule has 626 valence electrons. The molecule has 0 amide bonds. The van der Waals surface area contributed by atoms with Crippen molar-refractivity contribution in [3.8, 4) is 0 Å². The van der Waals surface area contributed by atoms with Crippen molar-refractivity contribution >= 4 is 39.5 Å². The molecule has 0 fully saturated rings. The van der Waals surface area contributed by atoms with Gasteiger partial charge in [0, 0.05) is 25.7 Å². The summed E-state index contributed by atoms with van der Waals surface area (Å²) in [4.78, 5) is 73.2. The van der Waals surface area contributed by atoms with Crippen molar-refractivity contribution in [3.05, 3.63) is 170 Å². The minimum atomic E-state index is -5.00. The zero-order chi connectivity index (χ0) is 80.3. The molecule has 0 bridgehead atoms. The van der Waals surface area contributed by atoms with Crippen LogP contribution in [0.4, 0.5) is 0 Å². The molecule has 0 aromatic rings. The van der Waals surface area contributed by atoms with E-state index in [1.807, 2.05) is 0 Å². The average Bonchev–Trinajstić information content (AvgIpc) is 0.900. The molecule has 0 aromatic heterocycles. The SMILES string of the molecule is CC/C=C\C/C=C\C/C=C\C/C=C\C/C=C\CCCCCC(=O)OCC(COP(=O)(O)OCC(O)COP(=O)(O)OCC(COC(=O)CCCCCCCC/C=C\C/C=C\C/C=C\C/C=C\CC)OC(=O)CCCCCCC/C=C\CCCCCC)OC(=O)CCCCCCCC/C=C\C/C=C\C/C=C\C/C=C\CC. The Morgan fingerprint density at radius 3 is 0.745 bits per heavy atom. The highest BCUT2D eigenvalue weighted by molar-refractivity contribution is 7.47. The van der Waals surface area contributed by atoms with Crippen molar-refractivity contribution in [3.63, 3.8) is 0 Å². The van der Waals surface area contributed by atoms with E-state index < -0.39 is 97.5 Å². The summed E-state index contributed by atoms with van der Waals surface area (Å²) in [5.74, 6) is -2.26. The van der Waals surface area contributed by atoms with Crippen LogP contribution in [-0.4, -0.2) is 96.7 Å². The first-order valence-electron chi connectivity index (χ1n) is 42.4. The third kappa shape index (κ3) is 80.5. The average molecular weight is 1580 g/mol. The number of rotatable bonds is 78. The third-order valence-corrected chi connectivity index (χ3v) is 19.1. The molecule has 0 spiro atoms. The van der Waals surface area contributed by atoms with Crippen LogP contribution in [0.2, 0.25) is 0 Å². The second-order valence-electron chi connectivity index (χ2n) is 27.6. The van der Waals surface area contributed by atoms with E-state index in [1.54, 1.807) is 0 Å². The number of phosphoric acid groups is 2. The molecule has 17 nitrogen and oxygen atoms in total. The normalized spacial score (nSPS) is 14.6. The summed E-state index contributed by atoms with van der Waals surface area (Å²) in [5.41, 5.74) is 0. The first kappa shape index (κ1) is 104. The molecule has 0 aromatic carbocycles. The second kappa shape index (κ2) is 81.4. The Balaban J connectivity index is 5.44. The van der Waals surface area contributed by atoms with Gasteiger partial charge in [0.1, 0.15) is 19.3 Å². The van der Waals surface area contributed by atoms with Gasteiger partial charge >= 0.3 is 39.5 Å². The highest BCUT2D eigenvalue weighted by atomic mass is 31.2. The molecule has 110 heavy (non-hydrogen) atoms. The summed E-state index contributed by atoms with van der Waals surface area (Å²) in [6, 6.07) is 0. The van der Waals surface area contributed by atoms with Crippen LogP contribution < -0.4 is 0 Å². The summed E-state index contributed by atoms with van der Waals surface area (Å²) in [5, 5.41) is 10.7. The lowest BCUT2D eigenvalue weighted by molar-refractivity contribution is -0.161. The van der Waals surface area contributed by atoms with Crippen LogP contribution in [-0.2, 0) is 65.4 Å². The van der Waals surface area contributed by atoms with E-state index >= 15 is 0 Å². The fourth-order valence-electron chi connectivity index (χ4n) is 10.8. The summed E-state index contributed by atoms with van der Waals surface area (Å²) in [6.07, 6.45) is 97.4. The van der Waals surface area contributed by atoms with Crippen LogP contribution >= 0.6 is 15.6 Å². The molecule has 19 heteroatoms. The first-order chi connectivity index (χ1) is 53.7. The summed E-state index contributed by atoms with van der Waals surface area (Å²) in [7, 11) is -10.00. The molecule has 0 aliphatic rings. The van der Waals surface area contributed by atoms with Gasteiger partial charge < -0.3 is 33.8 Å². The lowest BCUT2D eigenvalue weighted by Crippen LogP contribution is -2.30. The molecular formula is C91H150O17P2. The van der Waals surface area contributed by atoms with Crippen LogP contribution in [0, 0.1) is 0 Å². The van der Waals surface area contributed by atoms with Crippen molar-refractivity contribution in [2.45, 2.75) is 341 Å². The van der Waals surface area contributed by atoms with Gasteiger partial charge in [-0.3, -0.25) is 37.3 Å². The Morgan fingerprint density at radius 1 is 0.264 bits per heavy atom. The lowest BCUT2D eigenvalue weighted by atomic mass is 10.1. The Morgan fingerprint density at radius 2 is 0.473 bits per heavy atom. The van der Waals surface area contributed by atoms with E-state index in [4.69, 9.17) is 37.0 Å². The minimum absolute atomic E-state index is 0.0649. The van der Waals surface area contributed by atoms with E-state index in [2.05, 4.69) is 198 Å². The van der Waals surface area contributed by atoms with Crippen molar-refractivity contribution in [2.24, 2.45) is 0 Å². The number of hydrogen-bond donors (Lipinski definition) is 3. The second-order valence-corrected chi connectivity index (χ2v) is 30.5. The number of carbonyl (C=O) groups is 4. The Kier molecular flexibility index (Phi) is 77.3. The number of ether oxygens (including phenoxy) is 4. The monoisotopic (exact) mass is 1580 g/mol. The summed E-state index contributed by atoms with van der Waals surface area (Å²) < 4.78 is 68.8. The van der Waals surface area contributed by atoms with Gasteiger partial charge in [-0.1, -0.05) is 294 Å². The van der Waals surface area contributed by atoms with E-state index in [0.29, 0.717) is 25.7 Å².